The lowest BCUT2D eigenvalue weighted by Gasteiger charge is -2.06. The molecular formula is C15H13F. The van der Waals surface area contributed by atoms with Crippen LogP contribution in [0.2, 0.25) is 0 Å². The lowest BCUT2D eigenvalue weighted by atomic mass is 10.0. The maximum atomic E-state index is 13.3. The van der Waals surface area contributed by atoms with E-state index in [1.54, 1.807) is 6.92 Å². The molecule has 1 atom stereocenters. The highest BCUT2D eigenvalue weighted by Gasteiger charge is 2.18. The molecule has 0 aromatic heterocycles. The molecule has 0 saturated heterocycles. The standard InChI is InChI=1S/C15H13F/c1-10(16)11-6-7-13-8-12-4-2-3-5-14(12)15(13)9-11/h2-7,9-10H,8H2,1H3. The third-order valence-corrected chi connectivity index (χ3v) is 3.28. The number of alkyl halides is 1. The molecular weight excluding hydrogens is 199 g/mol. The van der Waals surface area contributed by atoms with Crippen LogP contribution in [0.3, 0.4) is 0 Å². The first-order chi connectivity index (χ1) is 7.75. The average molecular weight is 212 g/mol. The van der Waals surface area contributed by atoms with E-state index in [2.05, 4.69) is 24.3 Å². The molecule has 0 fully saturated rings. The summed E-state index contributed by atoms with van der Waals surface area (Å²) in [6.45, 7) is 1.59. The Labute approximate surface area is 94.7 Å². The first-order valence-electron chi connectivity index (χ1n) is 5.61. The summed E-state index contributed by atoms with van der Waals surface area (Å²) in [5, 5.41) is 0. The number of fused-ring (bicyclic) bond motifs is 3. The van der Waals surface area contributed by atoms with Crippen LogP contribution in [0, 0.1) is 0 Å². The second kappa shape index (κ2) is 3.44. The number of rotatable bonds is 1. The van der Waals surface area contributed by atoms with Gasteiger partial charge in [0, 0.05) is 0 Å². The maximum Gasteiger partial charge on any atom is 0.122 e. The Morgan fingerprint density at radius 3 is 2.56 bits per heavy atom. The van der Waals surface area contributed by atoms with E-state index in [4.69, 9.17) is 0 Å². The predicted octanol–water partition coefficient (Wildman–Crippen LogP) is 4.29. The van der Waals surface area contributed by atoms with E-state index in [-0.39, 0.29) is 0 Å². The van der Waals surface area contributed by atoms with Crippen molar-refractivity contribution in [1.82, 2.24) is 0 Å². The predicted molar refractivity (Wildman–Crippen MR) is 64.2 cm³/mol. The summed E-state index contributed by atoms with van der Waals surface area (Å²) in [6.07, 6.45) is 0.0879. The average Bonchev–Trinajstić information content (AvgIpc) is 2.66. The topological polar surface area (TPSA) is 0 Å². The van der Waals surface area contributed by atoms with Gasteiger partial charge >= 0.3 is 0 Å². The summed E-state index contributed by atoms with van der Waals surface area (Å²) in [4.78, 5) is 0. The van der Waals surface area contributed by atoms with Crippen LogP contribution >= 0.6 is 0 Å². The summed E-state index contributed by atoms with van der Waals surface area (Å²) < 4.78 is 13.3. The molecule has 0 heterocycles. The number of hydrogen-bond acceptors (Lipinski definition) is 0. The monoisotopic (exact) mass is 212 g/mol. The van der Waals surface area contributed by atoms with Gasteiger partial charge in [-0.15, -0.1) is 0 Å². The van der Waals surface area contributed by atoms with Gasteiger partial charge in [-0.1, -0.05) is 36.4 Å². The van der Waals surface area contributed by atoms with Crippen molar-refractivity contribution in [2.45, 2.75) is 19.5 Å². The molecule has 0 radical (unpaired) electrons. The van der Waals surface area contributed by atoms with Gasteiger partial charge in [-0.05, 0) is 47.2 Å². The van der Waals surface area contributed by atoms with Crippen molar-refractivity contribution in [3.8, 4) is 11.1 Å². The molecule has 2 aromatic carbocycles. The van der Waals surface area contributed by atoms with Crippen molar-refractivity contribution in [2.24, 2.45) is 0 Å². The fourth-order valence-corrected chi connectivity index (χ4v) is 2.39. The van der Waals surface area contributed by atoms with Crippen molar-refractivity contribution in [2.75, 3.05) is 0 Å². The molecule has 1 aliphatic carbocycles. The lowest BCUT2D eigenvalue weighted by molar-refractivity contribution is 0.374. The van der Waals surface area contributed by atoms with Crippen LogP contribution < -0.4 is 0 Å². The Hall–Kier alpha value is -1.63. The van der Waals surface area contributed by atoms with Gasteiger partial charge in [-0.2, -0.15) is 0 Å². The van der Waals surface area contributed by atoms with Crippen LogP contribution in [-0.4, -0.2) is 0 Å². The lowest BCUT2D eigenvalue weighted by Crippen LogP contribution is -1.87. The van der Waals surface area contributed by atoms with Gasteiger partial charge in [-0.3, -0.25) is 0 Å². The van der Waals surface area contributed by atoms with Gasteiger partial charge in [0.15, 0.2) is 0 Å². The van der Waals surface area contributed by atoms with E-state index < -0.39 is 6.17 Å². The Kier molecular flexibility index (Phi) is 2.06. The summed E-state index contributed by atoms with van der Waals surface area (Å²) in [5.41, 5.74) is 5.90. The third-order valence-electron chi connectivity index (χ3n) is 3.28. The fraction of sp³-hybridized carbons (Fsp3) is 0.200. The molecule has 0 aliphatic heterocycles. The van der Waals surface area contributed by atoms with Crippen molar-refractivity contribution >= 4 is 0 Å². The zero-order chi connectivity index (χ0) is 11.1. The van der Waals surface area contributed by atoms with Gasteiger partial charge < -0.3 is 0 Å². The van der Waals surface area contributed by atoms with Crippen LogP contribution in [0.25, 0.3) is 11.1 Å². The van der Waals surface area contributed by atoms with Crippen LogP contribution in [0.4, 0.5) is 4.39 Å². The van der Waals surface area contributed by atoms with E-state index in [0.29, 0.717) is 0 Å². The van der Waals surface area contributed by atoms with Gasteiger partial charge in [0.2, 0.25) is 0 Å². The van der Waals surface area contributed by atoms with Gasteiger partial charge in [-0.25, -0.2) is 4.39 Å². The first-order valence-corrected chi connectivity index (χ1v) is 5.61. The van der Waals surface area contributed by atoms with Crippen molar-refractivity contribution < 1.29 is 4.39 Å². The molecule has 0 N–H and O–H groups in total. The van der Waals surface area contributed by atoms with Crippen LogP contribution in [0.5, 0.6) is 0 Å². The van der Waals surface area contributed by atoms with Gasteiger partial charge in [0.1, 0.15) is 6.17 Å². The van der Waals surface area contributed by atoms with Gasteiger partial charge in [0.25, 0.3) is 0 Å². The molecule has 16 heavy (non-hydrogen) atoms. The summed E-state index contributed by atoms with van der Waals surface area (Å²) >= 11 is 0. The molecule has 1 aliphatic rings. The molecule has 0 nitrogen and oxygen atoms in total. The van der Waals surface area contributed by atoms with Crippen LogP contribution in [0.15, 0.2) is 42.5 Å². The summed E-state index contributed by atoms with van der Waals surface area (Å²) in [5.74, 6) is 0. The molecule has 1 heteroatoms. The minimum absolute atomic E-state index is 0.774. The van der Waals surface area contributed by atoms with E-state index >= 15 is 0 Å². The molecule has 80 valence electrons. The Bertz CT molecular complexity index is 541. The van der Waals surface area contributed by atoms with E-state index in [9.17, 15) is 4.39 Å². The Balaban J connectivity index is 2.18. The van der Waals surface area contributed by atoms with Gasteiger partial charge in [0.05, 0.1) is 0 Å². The fourth-order valence-electron chi connectivity index (χ4n) is 2.39. The van der Waals surface area contributed by atoms with Crippen LogP contribution in [-0.2, 0) is 6.42 Å². The van der Waals surface area contributed by atoms with Crippen molar-refractivity contribution in [3.05, 3.63) is 59.2 Å². The number of halogens is 1. The normalized spacial score (nSPS) is 14.4. The van der Waals surface area contributed by atoms with E-state index in [1.165, 1.54) is 22.3 Å². The minimum atomic E-state index is -0.891. The highest BCUT2D eigenvalue weighted by Crippen LogP contribution is 2.37. The molecule has 0 saturated carbocycles. The summed E-state index contributed by atoms with van der Waals surface area (Å²) in [7, 11) is 0. The molecule has 0 spiro atoms. The smallest absolute Gasteiger partial charge is 0.122 e. The summed E-state index contributed by atoms with van der Waals surface area (Å²) in [6, 6.07) is 14.3. The highest BCUT2D eigenvalue weighted by molar-refractivity contribution is 5.77. The molecule has 2 aromatic rings. The zero-order valence-corrected chi connectivity index (χ0v) is 9.20. The van der Waals surface area contributed by atoms with Crippen molar-refractivity contribution in [1.29, 1.82) is 0 Å². The third kappa shape index (κ3) is 1.35. The highest BCUT2D eigenvalue weighted by atomic mass is 19.1. The SMILES string of the molecule is CC(F)c1ccc2c(c1)-c1ccccc1C2. The van der Waals surface area contributed by atoms with E-state index in [0.717, 1.165) is 12.0 Å². The van der Waals surface area contributed by atoms with Crippen LogP contribution in [0.1, 0.15) is 29.8 Å². The number of benzene rings is 2. The first kappa shape index (κ1) is 9.59. The Morgan fingerprint density at radius 1 is 1.00 bits per heavy atom. The molecule has 0 amide bonds. The molecule has 3 rings (SSSR count). The number of hydrogen-bond donors (Lipinski definition) is 0. The maximum absolute atomic E-state index is 13.3. The van der Waals surface area contributed by atoms with E-state index in [1.807, 2.05) is 18.2 Å². The minimum Gasteiger partial charge on any atom is -0.243 e. The second-order valence-electron chi connectivity index (χ2n) is 4.37. The Morgan fingerprint density at radius 2 is 1.75 bits per heavy atom. The molecule has 1 unspecified atom stereocenters. The second-order valence-corrected chi connectivity index (χ2v) is 4.37. The quantitative estimate of drug-likeness (QED) is 0.564. The largest absolute Gasteiger partial charge is 0.243 e. The van der Waals surface area contributed by atoms with Crippen molar-refractivity contribution in [3.63, 3.8) is 0 Å². The molecule has 0 bridgehead atoms. The zero-order valence-electron chi connectivity index (χ0n) is 9.20.